The fraction of sp³-hybridized carbons (Fsp3) is 0.333. The fourth-order valence-electron chi connectivity index (χ4n) is 1.80. The van der Waals surface area contributed by atoms with Crippen molar-refractivity contribution in [3.8, 4) is 5.75 Å². The molecule has 1 rings (SSSR count). The smallest absolute Gasteiger partial charge is 0.330 e. The lowest BCUT2D eigenvalue weighted by molar-refractivity contribution is -0.384. The Morgan fingerprint density at radius 1 is 1.19 bits per heavy atom. The number of esters is 2. The van der Waals surface area contributed by atoms with Gasteiger partial charge in [-0.05, 0) is 12.1 Å². The van der Waals surface area contributed by atoms with E-state index < -0.39 is 54.2 Å². The van der Waals surface area contributed by atoms with Gasteiger partial charge in [-0.2, -0.15) is 0 Å². The molecular weight excluding hydrogens is 364 g/mol. The number of hydrogen-bond donors (Lipinski definition) is 3. The van der Waals surface area contributed by atoms with E-state index in [1.165, 1.54) is 12.1 Å². The third-order valence-electron chi connectivity index (χ3n) is 3.12. The Morgan fingerprint density at radius 3 is 2.33 bits per heavy atom. The third kappa shape index (κ3) is 7.48. The molecule has 0 bridgehead atoms. The first-order valence-electron chi connectivity index (χ1n) is 7.56. The first kappa shape index (κ1) is 21.5. The van der Waals surface area contributed by atoms with Gasteiger partial charge in [-0.15, -0.1) is 0 Å². The zero-order valence-electron chi connectivity index (χ0n) is 14.3. The first-order valence-corrected chi connectivity index (χ1v) is 7.56. The molecule has 27 heavy (non-hydrogen) atoms. The summed E-state index contributed by atoms with van der Waals surface area (Å²) >= 11 is 0. The molecule has 1 aromatic rings. The molecule has 0 radical (unpaired) electrons. The maximum atomic E-state index is 12.1. The minimum absolute atomic E-state index is 0.0439. The van der Waals surface area contributed by atoms with Gasteiger partial charge in [0.25, 0.3) is 5.69 Å². The Hall–Kier alpha value is -3.54. The zero-order valence-corrected chi connectivity index (χ0v) is 14.3. The van der Waals surface area contributed by atoms with E-state index >= 15 is 0 Å². The van der Waals surface area contributed by atoms with E-state index in [0.717, 1.165) is 19.2 Å². The number of rotatable bonds is 9. The van der Waals surface area contributed by atoms with Gasteiger partial charge in [0.2, 0.25) is 11.8 Å². The number of nitrogens with zero attached hydrogens (tertiary/aromatic N) is 1. The van der Waals surface area contributed by atoms with Gasteiger partial charge in [-0.1, -0.05) is 0 Å². The highest BCUT2D eigenvalue weighted by molar-refractivity contribution is 5.92. The van der Waals surface area contributed by atoms with E-state index in [1.54, 1.807) is 0 Å². The lowest BCUT2D eigenvalue weighted by Gasteiger charge is -2.16. The Labute approximate surface area is 153 Å². The second kappa shape index (κ2) is 10.5. The molecule has 1 atom stereocenters. The highest BCUT2D eigenvalue weighted by Crippen LogP contribution is 2.17. The number of ether oxygens (including phenoxy) is 2. The molecule has 0 saturated heterocycles. The van der Waals surface area contributed by atoms with Gasteiger partial charge < -0.3 is 25.8 Å². The van der Waals surface area contributed by atoms with E-state index in [2.05, 4.69) is 15.4 Å². The van der Waals surface area contributed by atoms with Gasteiger partial charge in [0.1, 0.15) is 18.3 Å². The van der Waals surface area contributed by atoms with Crippen molar-refractivity contribution in [2.45, 2.75) is 12.5 Å². The molecule has 4 N–H and O–H groups in total. The number of nitro groups is 1. The highest BCUT2D eigenvalue weighted by atomic mass is 16.6. The van der Waals surface area contributed by atoms with Gasteiger partial charge in [-0.25, -0.2) is 4.79 Å². The summed E-state index contributed by atoms with van der Waals surface area (Å²) < 4.78 is 9.34. The van der Waals surface area contributed by atoms with Crippen molar-refractivity contribution in [1.82, 2.24) is 10.6 Å². The predicted molar refractivity (Wildman–Crippen MR) is 89.4 cm³/mol. The second-order valence-electron chi connectivity index (χ2n) is 5.05. The molecule has 1 aromatic carbocycles. The fourth-order valence-corrected chi connectivity index (χ4v) is 1.80. The molecule has 0 aliphatic carbocycles. The number of hydrogen-bond acceptors (Lipinski definition) is 9. The van der Waals surface area contributed by atoms with Crippen molar-refractivity contribution < 1.29 is 33.6 Å². The molecule has 12 heteroatoms. The number of nitrogens with one attached hydrogen (secondary N) is 2. The Kier molecular flexibility index (Phi) is 8.32. The van der Waals surface area contributed by atoms with Crippen molar-refractivity contribution in [2.75, 3.05) is 20.2 Å². The van der Waals surface area contributed by atoms with Crippen molar-refractivity contribution in [3.05, 3.63) is 34.4 Å². The molecule has 0 heterocycles. The summed E-state index contributed by atoms with van der Waals surface area (Å²) in [6, 6.07) is 3.46. The van der Waals surface area contributed by atoms with Crippen LogP contribution in [-0.2, 0) is 23.9 Å². The van der Waals surface area contributed by atoms with Crippen LogP contribution in [0.1, 0.15) is 6.42 Å². The minimum atomic E-state index is -1.28. The predicted octanol–water partition coefficient (Wildman–Crippen LogP) is -1.38. The Bertz CT molecular complexity index is 701. The molecular formula is C15H18N4O8. The molecule has 146 valence electrons. The van der Waals surface area contributed by atoms with Crippen molar-refractivity contribution >= 4 is 29.4 Å². The van der Waals surface area contributed by atoms with E-state index in [0.29, 0.717) is 0 Å². The summed E-state index contributed by atoms with van der Waals surface area (Å²) in [5.74, 6) is -3.06. The van der Waals surface area contributed by atoms with Crippen LogP contribution in [0.25, 0.3) is 0 Å². The van der Waals surface area contributed by atoms with Crippen molar-refractivity contribution in [2.24, 2.45) is 5.73 Å². The molecule has 12 nitrogen and oxygen atoms in total. The number of amides is 2. The van der Waals surface area contributed by atoms with Gasteiger partial charge in [0, 0.05) is 12.1 Å². The number of non-ortho nitro benzene ring substituents is 1. The second-order valence-corrected chi connectivity index (χ2v) is 5.05. The highest BCUT2D eigenvalue weighted by Gasteiger charge is 2.24. The lowest BCUT2D eigenvalue weighted by Crippen LogP contribution is -2.50. The van der Waals surface area contributed by atoms with E-state index in [1.807, 2.05) is 0 Å². The van der Waals surface area contributed by atoms with Crippen LogP contribution >= 0.6 is 0 Å². The number of benzene rings is 1. The van der Waals surface area contributed by atoms with E-state index in [4.69, 9.17) is 10.5 Å². The summed E-state index contributed by atoms with van der Waals surface area (Å²) in [6.45, 7) is -0.959. The number of nitro benzene ring substituents is 1. The summed E-state index contributed by atoms with van der Waals surface area (Å²) in [6.07, 6.45) is -0.453. The number of nitrogens with two attached hydrogens (primary N) is 1. The molecule has 0 aliphatic heterocycles. The van der Waals surface area contributed by atoms with Gasteiger partial charge in [0.05, 0.1) is 25.0 Å². The van der Waals surface area contributed by atoms with Crippen LogP contribution in [0.4, 0.5) is 5.69 Å². The van der Waals surface area contributed by atoms with Gasteiger partial charge in [-0.3, -0.25) is 24.5 Å². The monoisotopic (exact) mass is 382 g/mol. The molecule has 0 fully saturated rings. The summed E-state index contributed by atoms with van der Waals surface area (Å²) in [5, 5.41) is 15.0. The van der Waals surface area contributed by atoms with Crippen LogP contribution < -0.4 is 21.1 Å². The summed E-state index contributed by atoms with van der Waals surface area (Å²) in [5.41, 5.74) is 4.97. The quantitative estimate of drug-likeness (QED) is 0.201. The minimum Gasteiger partial charge on any atom is -0.469 e. The topological polar surface area (TPSA) is 180 Å². The van der Waals surface area contributed by atoms with Crippen molar-refractivity contribution in [3.63, 3.8) is 0 Å². The standard InChI is InChI=1S/C15H18N4O8/c1-26-13(21)6-11(18-12(20)7-16)15(23)17-8-14(22)27-10-4-2-9(3-5-10)19(24)25/h2-5,11H,6-8,16H2,1H3,(H,17,23)(H,18,20)/t11-/m0/s1. The van der Waals surface area contributed by atoms with Gasteiger partial charge in [0.15, 0.2) is 0 Å². The van der Waals surface area contributed by atoms with E-state index in [-0.39, 0.29) is 11.4 Å². The van der Waals surface area contributed by atoms with E-state index in [9.17, 15) is 29.3 Å². The van der Waals surface area contributed by atoms with Crippen LogP contribution in [0.5, 0.6) is 5.75 Å². The Balaban J connectivity index is 2.59. The van der Waals surface area contributed by atoms with Crippen LogP contribution in [0.15, 0.2) is 24.3 Å². The maximum absolute atomic E-state index is 12.1. The number of methoxy groups -OCH3 is 1. The normalized spacial score (nSPS) is 11.0. The molecule has 2 amide bonds. The van der Waals surface area contributed by atoms with Crippen LogP contribution in [-0.4, -0.2) is 54.9 Å². The average Bonchev–Trinajstić information content (AvgIpc) is 2.65. The Morgan fingerprint density at radius 2 is 1.81 bits per heavy atom. The third-order valence-corrected chi connectivity index (χ3v) is 3.12. The van der Waals surface area contributed by atoms with Crippen molar-refractivity contribution in [1.29, 1.82) is 0 Å². The number of carbonyl (C=O) groups is 4. The molecule has 0 spiro atoms. The van der Waals surface area contributed by atoms with Gasteiger partial charge >= 0.3 is 11.9 Å². The summed E-state index contributed by atoms with van der Waals surface area (Å²) in [7, 11) is 1.11. The lowest BCUT2D eigenvalue weighted by atomic mass is 10.2. The number of carbonyl (C=O) groups excluding carboxylic acids is 4. The maximum Gasteiger partial charge on any atom is 0.330 e. The SMILES string of the molecule is COC(=O)C[C@H](NC(=O)CN)C(=O)NCC(=O)Oc1ccc([N+](=O)[O-])cc1. The average molecular weight is 382 g/mol. The van der Waals surface area contributed by atoms with Crippen LogP contribution in [0.3, 0.4) is 0 Å². The van der Waals surface area contributed by atoms with Crippen LogP contribution in [0.2, 0.25) is 0 Å². The molecule has 0 saturated carbocycles. The zero-order chi connectivity index (χ0) is 20.4. The summed E-state index contributed by atoms with van der Waals surface area (Å²) in [4.78, 5) is 56.4. The molecule has 0 aromatic heterocycles. The molecule has 0 unspecified atom stereocenters. The largest absolute Gasteiger partial charge is 0.469 e. The molecule has 0 aliphatic rings. The first-order chi connectivity index (χ1) is 12.8. The van der Waals surface area contributed by atoms with Crippen LogP contribution in [0, 0.1) is 10.1 Å².